The van der Waals surface area contributed by atoms with E-state index in [0.29, 0.717) is 0 Å². The van der Waals surface area contributed by atoms with Crippen molar-refractivity contribution in [1.29, 1.82) is 0 Å². The van der Waals surface area contributed by atoms with E-state index < -0.39 is 0 Å². The zero-order valence-corrected chi connectivity index (χ0v) is 12.9. The number of nitrogens with zero attached hydrogens (tertiary/aromatic N) is 2. The first-order valence-electron chi connectivity index (χ1n) is 7.74. The van der Waals surface area contributed by atoms with Gasteiger partial charge in [-0.2, -0.15) is 5.10 Å². The normalized spacial score (nSPS) is 21.5. The SMILES string of the molecule is CC1(C(=O)Nc2ccc(Cn3cccn3)cc2)CCCNC1. The minimum absolute atomic E-state index is 0.0968. The van der Waals surface area contributed by atoms with E-state index in [1.54, 1.807) is 6.20 Å². The highest BCUT2D eigenvalue weighted by Crippen LogP contribution is 2.27. The fourth-order valence-electron chi connectivity index (χ4n) is 2.81. The number of carbonyl (C=O) groups excluding carboxylic acids is 1. The molecule has 5 nitrogen and oxygen atoms in total. The molecule has 1 fully saturated rings. The van der Waals surface area contributed by atoms with Gasteiger partial charge in [0.1, 0.15) is 0 Å². The van der Waals surface area contributed by atoms with Crippen LogP contribution in [0.2, 0.25) is 0 Å². The molecule has 1 aliphatic rings. The molecule has 0 bridgehead atoms. The van der Waals surface area contributed by atoms with Crippen LogP contribution in [0.4, 0.5) is 5.69 Å². The molecule has 2 aromatic rings. The molecule has 116 valence electrons. The highest BCUT2D eigenvalue weighted by atomic mass is 16.2. The zero-order chi connectivity index (χ0) is 15.4. The van der Waals surface area contributed by atoms with Gasteiger partial charge in [0, 0.05) is 24.6 Å². The van der Waals surface area contributed by atoms with E-state index in [9.17, 15) is 4.79 Å². The molecule has 1 aromatic carbocycles. The topological polar surface area (TPSA) is 59.0 Å². The number of hydrogen-bond acceptors (Lipinski definition) is 3. The predicted octanol–water partition coefficient (Wildman–Crippen LogP) is 2.26. The Bertz CT molecular complexity index is 613. The van der Waals surface area contributed by atoms with E-state index in [4.69, 9.17) is 0 Å². The van der Waals surface area contributed by atoms with E-state index in [-0.39, 0.29) is 11.3 Å². The average molecular weight is 298 g/mol. The van der Waals surface area contributed by atoms with Gasteiger partial charge < -0.3 is 10.6 Å². The van der Waals surface area contributed by atoms with Gasteiger partial charge >= 0.3 is 0 Å². The molecule has 0 radical (unpaired) electrons. The Morgan fingerprint density at radius 2 is 2.23 bits per heavy atom. The predicted molar refractivity (Wildman–Crippen MR) is 86.6 cm³/mol. The number of nitrogens with one attached hydrogen (secondary N) is 2. The first kappa shape index (κ1) is 14.8. The number of piperidine rings is 1. The first-order valence-corrected chi connectivity index (χ1v) is 7.74. The van der Waals surface area contributed by atoms with Crippen molar-refractivity contribution in [3.05, 3.63) is 48.3 Å². The minimum Gasteiger partial charge on any atom is -0.326 e. The Labute approximate surface area is 130 Å². The number of aromatic nitrogens is 2. The summed E-state index contributed by atoms with van der Waals surface area (Å²) >= 11 is 0. The van der Waals surface area contributed by atoms with Gasteiger partial charge in [0.05, 0.1) is 12.0 Å². The third-order valence-corrected chi connectivity index (χ3v) is 4.26. The molecule has 3 rings (SSSR count). The monoisotopic (exact) mass is 298 g/mol. The van der Waals surface area contributed by atoms with E-state index in [1.165, 1.54) is 0 Å². The molecular formula is C17H22N4O. The van der Waals surface area contributed by atoms with Gasteiger partial charge in [-0.15, -0.1) is 0 Å². The fraction of sp³-hybridized carbons (Fsp3) is 0.412. The summed E-state index contributed by atoms with van der Waals surface area (Å²) in [5.74, 6) is 0.0968. The Hall–Kier alpha value is -2.14. The fourth-order valence-corrected chi connectivity index (χ4v) is 2.81. The van der Waals surface area contributed by atoms with Gasteiger partial charge in [-0.25, -0.2) is 0 Å². The summed E-state index contributed by atoms with van der Waals surface area (Å²) in [6, 6.07) is 9.87. The maximum atomic E-state index is 12.5. The van der Waals surface area contributed by atoms with Crippen molar-refractivity contribution in [2.45, 2.75) is 26.3 Å². The second-order valence-corrected chi connectivity index (χ2v) is 6.20. The summed E-state index contributed by atoms with van der Waals surface area (Å²) < 4.78 is 1.88. The van der Waals surface area contributed by atoms with Crippen molar-refractivity contribution < 1.29 is 4.79 Å². The summed E-state index contributed by atoms with van der Waals surface area (Å²) in [6.45, 7) is 4.52. The number of rotatable bonds is 4. The molecule has 2 N–H and O–H groups in total. The van der Waals surface area contributed by atoms with E-state index in [2.05, 4.69) is 15.7 Å². The number of hydrogen-bond donors (Lipinski definition) is 2. The lowest BCUT2D eigenvalue weighted by molar-refractivity contribution is -0.125. The second kappa shape index (κ2) is 6.32. The average Bonchev–Trinajstić information content (AvgIpc) is 3.03. The first-order chi connectivity index (χ1) is 10.7. The Balaban J connectivity index is 1.62. The molecule has 1 aliphatic heterocycles. The van der Waals surface area contributed by atoms with Crippen LogP contribution in [0.3, 0.4) is 0 Å². The van der Waals surface area contributed by atoms with E-state index in [0.717, 1.165) is 43.7 Å². The van der Waals surface area contributed by atoms with Gasteiger partial charge in [0.15, 0.2) is 0 Å². The number of benzene rings is 1. The summed E-state index contributed by atoms with van der Waals surface area (Å²) in [5.41, 5.74) is 1.69. The maximum Gasteiger partial charge on any atom is 0.231 e. The van der Waals surface area contributed by atoms with Gasteiger partial charge in [-0.1, -0.05) is 12.1 Å². The Kier molecular flexibility index (Phi) is 4.24. The number of carbonyl (C=O) groups is 1. The molecule has 5 heteroatoms. The summed E-state index contributed by atoms with van der Waals surface area (Å²) in [7, 11) is 0. The van der Waals surface area contributed by atoms with Crippen LogP contribution in [-0.2, 0) is 11.3 Å². The smallest absolute Gasteiger partial charge is 0.231 e. The van der Waals surface area contributed by atoms with Gasteiger partial charge in [0.25, 0.3) is 0 Å². The maximum absolute atomic E-state index is 12.5. The van der Waals surface area contributed by atoms with Crippen molar-refractivity contribution in [1.82, 2.24) is 15.1 Å². The molecule has 0 saturated carbocycles. The van der Waals surface area contributed by atoms with Crippen molar-refractivity contribution in [2.75, 3.05) is 18.4 Å². The van der Waals surface area contributed by atoms with Gasteiger partial charge in [-0.3, -0.25) is 9.48 Å². The van der Waals surface area contributed by atoms with Gasteiger partial charge in [0.2, 0.25) is 5.91 Å². The lowest BCUT2D eigenvalue weighted by atomic mass is 9.82. The molecule has 0 aliphatic carbocycles. The minimum atomic E-state index is -0.314. The number of anilines is 1. The molecular weight excluding hydrogens is 276 g/mol. The highest BCUT2D eigenvalue weighted by molar-refractivity contribution is 5.95. The van der Waals surface area contributed by atoms with E-state index >= 15 is 0 Å². The van der Waals surface area contributed by atoms with Gasteiger partial charge in [-0.05, 0) is 50.1 Å². The third kappa shape index (κ3) is 3.36. The molecule has 22 heavy (non-hydrogen) atoms. The van der Waals surface area contributed by atoms with Crippen molar-refractivity contribution in [3.63, 3.8) is 0 Å². The second-order valence-electron chi connectivity index (χ2n) is 6.20. The summed E-state index contributed by atoms with van der Waals surface area (Å²) in [5, 5.41) is 10.5. The van der Waals surface area contributed by atoms with Crippen LogP contribution in [0, 0.1) is 5.41 Å². The lowest BCUT2D eigenvalue weighted by Crippen LogP contribution is -2.46. The molecule has 1 amide bonds. The molecule has 1 saturated heterocycles. The summed E-state index contributed by atoms with van der Waals surface area (Å²) in [4.78, 5) is 12.5. The van der Waals surface area contributed by atoms with Crippen LogP contribution in [0.5, 0.6) is 0 Å². The largest absolute Gasteiger partial charge is 0.326 e. The highest BCUT2D eigenvalue weighted by Gasteiger charge is 2.34. The van der Waals surface area contributed by atoms with Crippen LogP contribution < -0.4 is 10.6 Å². The van der Waals surface area contributed by atoms with Crippen LogP contribution >= 0.6 is 0 Å². The quantitative estimate of drug-likeness (QED) is 0.910. The Morgan fingerprint density at radius 1 is 1.41 bits per heavy atom. The molecule has 1 aromatic heterocycles. The third-order valence-electron chi connectivity index (χ3n) is 4.26. The van der Waals surface area contributed by atoms with Crippen LogP contribution in [0.1, 0.15) is 25.3 Å². The molecule has 2 heterocycles. The van der Waals surface area contributed by atoms with Crippen molar-refractivity contribution >= 4 is 11.6 Å². The Morgan fingerprint density at radius 3 is 2.86 bits per heavy atom. The molecule has 1 unspecified atom stereocenters. The number of amides is 1. The van der Waals surface area contributed by atoms with Crippen LogP contribution in [-0.4, -0.2) is 28.8 Å². The van der Waals surface area contributed by atoms with E-state index in [1.807, 2.05) is 48.1 Å². The van der Waals surface area contributed by atoms with Crippen LogP contribution in [0.25, 0.3) is 0 Å². The summed E-state index contributed by atoms with van der Waals surface area (Å²) in [6.07, 6.45) is 5.69. The van der Waals surface area contributed by atoms with Crippen molar-refractivity contribution in [3.8, 4) is 0 Å². The van der Waals surface area contributed by atoms with Crippen molar-refractivity contribution in [2.24, 2.45) is 5.41 Å². The molecule has 0 spiro atoms. The zero-order valence-electron chi connectivity index (χ0n) is 12.9. The molecule has 1 atom stereocenters. The van der Waals surface area contributed by atoms with Crippen LogP contribution in [0.15, 0.2) is 42.7 Å². The standard InChI is InChI=1S/C17H22N4O/c1-17(8-2-9-18-13-17)16(22)20-15-6-4-14(5-7-15)12-21-11-3-10-19-21/h3-7,10-11,18H,2,8-9,12-13H2,1H3,(H,20,22). The lowest BCUT2D eigenvalue weighted by Gasteiger charge is -2.32.